The molecule has 2 heteroatoms. The molecule has 1 rings (SSSR count). The second-order valence-corrected chi connectivity index (χ2v) is 6.26. The van der Waals surface area contributed by atoms with Crippen LogP contribution in [0.2, 0.25) is 0 Å². The molecule has 13 heavy (non-hydrogen) atoms. The summed E-state index contributed by atoms with van der Waals surface area (Å²) in [5, 5.41) is 0.896. The molecule has 78 valence electrons. The maximum atomic E-state index is 2.36. The van der Waals surface area contributed by atoms with Crippen molar-refractivity contribution in [3.8, 4) is 0 Å². The van der Waals surface area contributed by atoms with Gasteiger partial charge in [-0.05, 0) is 6.42 Å². The molecule has 0 N–H and O–H groups in total. The molecule has 0 aromatic rings. The van der Waals surface area contributed by atoms with Gasteiger partial charge in [0.1, 0.15) is 5.54 Å². The number of nitrogens with zero attached hydrogens (tertiary/aromatic N) is 1. The number of thioether (sulfide) groups is 1. The highest BCUT2D eigenvalue weighted by atomic mass is 32.2. The first kappa shape index (κ1) is 11.4. The molecule has 0 amide bonds. The van der Waals surface area contributed by atoms with Gasteiger partial charge in [0.05, 0.1) is 32.1 Å². The normalized spacial score (nSPS) is 34.4. The first-order chi connectivity index (χ1) is 5.98. The van der Waals surface area contributed by atoms with Crippen LogP contribution in [0.3, 0.4) is 0 Å². The lowest BCUT2D eigenvalue weighted by atomic mass is 9.85. The minimum absolute atomic E-state index is 0.578. The summed E-state index contributed by atoms with van der Waals surface area (Å²) in [5.74, 6) is 1.36. The highest BCUT2D eigenvalue weighted by molar-refractivity contribution is 8.01. The van der Waals surface area contributed by atoms with Crippen molar-refractivity contribution in [2.45, 2.75) is 43.9 Å². The van der Waals surface area contributed by atoms with E-state index in [1.807, 2.05) is 0 Å². The fourth-order valence-corrected chi connectivity index (χ4v) is 4.51. The van der Waals surface area contributed by atoms with Crippen molar-refractivity contribution in [2.24, 2.45) is 0 Å². The Balaban J connectivity index is 2.76. The summed E-state index contributed by atoms with van der Waals surface area (Å²) in [7, 11) is 7.08. The van der Waals surface area contributed by atoms with E-state index in [4.69, 9.17) is 0 Å². The minimum Gasteiger partial charge on any atom is -0.324 e. The fraction of sp³-hybridized carbons (Fsp3) is 1.00. The van der Waals surface area contributed by atoms with E-state index in [0.29, 0.717) is 5.54 Å². The van der Waals surface area contributed by atoms with E-state index in [1.54, 1.807) is 0 Å². The van der Waals surface area contributed by atoms with Crippen molar-refractivity contribution < 1.29 is 4.48 Å². The summed E-state index contributed by atoms with van der Waals surface area (Å²) in [6.45, 7) is 4.64. The zero-order valence-electron chi connectivity index (χ0n) is 9.76. The average Bonchev–Trinajstić information content (AvgIpc) is 1.96. The molecule has 0 aliphatic carbocycles. The van der Waals surface area contributed by atoms with Gasteiger partial charge in [0, 0.05) is 6.42 Å². The van der Waals surface area contributed by atoms with Gasteiger partial charge >= 0.3 is 0 Å². The summed E-state index contributed by atoms with van der Waals surface area (Å²) < 4.78 is 1.15. The average molecular weight is 202 g/mol. The number of rotatable bonds is 4. The maximum Gasteiger partial charge on any atom is 0.120 e. The minimum atomic E-state index is 0.578. The Hall–Kier alpha value is 0.310. The van der Waals surface area contributed by atoms with Crippen molar-refractivity contribution in [1.82, 2.24) is 0 Å². The summed E-state index contributed by atoms with van der Waals surface area (Å²) in [6, 6.07) is 0. The molecule has 1 saturated heterocycles. The summed E-state index contributed by atoms with van der Waals surface area (Å²) in [5.41, 5.74) is 0.578. The van der Waals surface area contributed by atoms with Crippen LogP contribution < -0.4 is 0 Å². The van der Waals surface area contributed by atoms with Crippen molar-refractivity contribution in [1.29, 1.82) is 0 Å². The third-order valence-electron chi connectivity index (χ3n) is 3.52. The molecule has 0 bridgehead atoms. The van der Waals surface area contributed by atoms with Crippen LogP contribution in [-0.2, 0) is 0 Å². The van der Waals surface area contributed by atoms with Crippen LogP contribution in [0.1, 0.15) is 33.1 Å². The van der Waals surface area contributed by atoms with Gasteiger partial charge < -0.3 is 4.48 Å². The van der Waals surface area contributed by atoms with E-state index in [2.05, 4.69) is 46.8 Å². The molecule has 0 aromatic carbocycles. The molecular weight excluding hydrogens is 178 g/mol. The SMILES string of the molecule is CCC[C@@]1([N+](C)(C)C)CS[C@H]1CC. The first-order valence-electron chi connectivity index (χ1n) is 5.41. The number of quaternary nitrogens is 1. The van der Waals surface area contributed by atoms with E-state index in [9.17, 15) is 0 Å². The second-order valence-electron chi connectivity index (χ2n) is 5.07. The van der Waals surface area contributed by atoms with E-state index < -0.39 is 0 Å². The smallest absolute Gasteiger partial charge is 0.120 e. The molecule has 1 heterocycles. The molecule has 0 unspecified atom stereocenters. The first-order valence-corrected chi connectivity index (χ1v) is 6.46. The zero-order chi connectivity index (χ0) is 10.1. The predicted octanol–water partition coefficient (Wildman–Crippen LogP) is 2.76. The molecule has 0 saturated carbocycles. The largest absolute Gasteiger partial charge is 0.324 e. The third kappa shape index (κ3) is 1.75. The molecule has 1 aliphatic heterocycles. The molecule has 0 aromatic heterocycles. The van der Waals surface area contributed by atoms with Crippen molar-refractivity contribution in [2.75, 3.05) is 26.9 Å². The Morgan fingerprint density at radius 2 is 1.92 bits per heavy atom. The maximum absolute atomic E-state index is 2.36. The molecule has 2 atom stereocenters. The van der Waals surface area contributed by atoms with Crippen LogP contribution in [-0.4, -0.2) is 42.2 Å². The summed E-state index contributed by atoms with van der Waals surface area (Å²) >= 11 is 2.16. The van der Waals surface area contributed by atoms with Gasteiger partial charge in [0.25, 0.3) is 0 Å². The van der Waals surface area contributed by atoms with Crippen LogP contribution in [0.5, 0.6) is 0 Å². The van der Waals surface area contributed by atoms with Gasteiger partial charge in [-0.1, -0.05) is 20.3 Å². The summed E-state index contributed by atoms with van der Waals surface area (Å²) in [4.78, 5) is 0. The number of hydrogen-bond donors (Lipinski definition) is 0. The van der Waals surface area contributed by atoms with Gasteiger partial charge in [-0.2, -0.15) is 0 Å². The van der Waals surface area contributed by atoms with Crippen LogP contribution >= 0.6 is 11.8 Å². The zero-order valence-corrected chi connectivity index (χ0v) is 10.6. The van der Waals surface area contributed by atoms with Crippen molar-refractivity contribution >= 4 is 11.8 Å². The predicted molar refractivity (Wildman–Crippen MR) is 62.2 cm³/mol. The number of hydrogen-bond acceptors (Lipinski definition) is 1. The highest BCUT2D eigenvalue weighted by Crippen LogP contribution is 2.48. The van der Waals surface area contributed by atoms with E-state index in [0.717, 1.165) is 9.73 Å². The monoisotopic (exact) mass is 202 g/mol. The van der Waals surface area contributed by atoms with Crippen LogP contribution in [0, 0.1) is 0 Å². The van der Waals surface area contributed by atoms with Crippen molar-refractivity contribution in [3.05, 3.63) is 0 Å². The Kier molecular flexibility index (Phi) is 3.34. The molecular formula is C11H24NS+. The quantitative estimate of drug-likeness (QED) is 0.632. The van der Waals surface area contributed by atoms with Crippen LogP contribution in [0.15, 0.2) is 0 Å². The van der Waals surface area contributed by atoms with Gasteiger partial charge in [-0.3, -0.25) is 0 Å². The third-order valence-corrected chi connectivity index (χ3v) is 5.36. The Morgan fingerprint density at radius 3 is 2.15 bits per heavy atom. The molecule has 0 radical (unpaired) electrons. The van der Waals surface area contributed by atoms with E-state index in [-0.39, 0.29) is 0 Å². The van der Waals surface area contributed by atoms with Gasteiger partial charge in [-0.25, -0.2) is 0 Å². The van der Waals surface area contributed by atoms with Gasteiger partial charge in [0.2, 0.25) is 0 Å². The Morgan fingerprint density at radius 1 is 1.31 bits per heavy atom. The fourth-order valence-electron chi connectivity index (χ4n) is 2.52. The molecule has 1 aliphatic rings. The standard InChI is InChI=1S/C11H24NS/c1-6-8-11(12(3,4)5)9-13-10(11)7-2/h10H,6-9H2,1-5H3/q+1/t10-,11+/m0/s1. The molecule has 0 spiro atoms. The lowest BCUT2D eigenvalue weighted by Crippen LogP contribution is -2.69. The topological polar surface area (TPSA) is 0 Å². The molecule has 1 nitrogen and oxygen atoms in total. The van der Waals surface area contributed by atoms with Gasteiger partial charge in [-0.15, -0.1) is 11.8 Å². The summed E-state index contributed by atoms with van der Waals surface area (Å²) in [6.07, 6.45) is 4.05. The highest BCUT2D eigenvalue weighted by Gasteiger charge is 2.55. The van der Waals surface area contributed by atoms with E-state index in [1.165, 1.54) is 25.0 Å². The Labute approximate surface area is 87.5 Å². The van der Waals surface area contributed by atoms with Gasteiger partial charge in [0.15, 0.2) is 0 Å². The lowest BCUT2D eigenvalue weighted by molar-refractivity contribution is -0.922. The van der Waals surface area contributed by atoms with Crippen molar-refractivity contribution in [3.63, 3.8) is 0 Å². The van der Waals surface area contributed by atoms with Crippen LogP contribution in [0.4, 0.5) is 0 Å². The van der Waals surface area contributed by atoms with Crippen LogP contribution in [0.25, 0.3) is 0 Å². The lowest BCUT2D eigenvalue weighted by Gasteiger charge is -2.56. The molecule has 1 fully saturated rings. The second kappa shape index (κ2) is 3.82. The van der Waals surface area contributed by atoms with E-state index >= 15 is 0 Å². The Bertz CT molecular complexity index is 171.